The highest BCUT2D eigenvalue weighted by molar-refractivity contribution is 5.55. The first-order chi connectivity index (χ1) is 15.1. The molecule has 0 bridgehead atoms. The van der Waals surface area contributed by atoms with Crippen molar-refractivity contribution in [1.29, 1.82) is 0 Å². The van der Waals surface area contributed by atoms with Gasteiger partial charge >= 0.3 is 0 Å². The molecule has 0 saturated heterocycles. The van der Waals surface area contributed by atoms with Crippen LogP contribution in [-0.4, -0.2) is 22.7 Å². The van der Waals surface area contributed by atoms with E-state index in [1.54, 1.807) is 12.4 Å². The minimum Gasteiger partial charge on any atom is -0.487 e. The van der Waals surface area contributed by atoms with Gasteiger partial charge in [0.25, 0.3) is 0 Å². The summed E-state index contributed by atoms with van der Waals surface area (Å²) in [4.78, 5) is 8.80. The summed E-state index contributed by atoms with van der Waals surface area (Å²) in [5.74, 6) is 1.57. The van der Waals surface area contributed by atoms with Crippen LogP contribution in [0.5, 0.6) is 5.75 Å². The number of unbranched alkanes of at least 4 members (excludes halogenated alkanes) is 6. The Hall–Kier alpha value is -1.97. The zero-order valence-electron chi connectivity index (χ0n) is 19.8. The molecular weight excluding hydrogens is 387 g/mol. The number of alkyl halides is 1. The van der Waals surface area contributed by atoms with E-state index in [-0.39, 0.29) is 6.61 Å². The Morgan fingerprint density at radius 2 is 1.52 bits per heavy atom. The van der Waals surface area contributed by atoms with E-state index in [4.69, 9.17) is 4.74 Å². The normalized spacial score (nSPS) is 13.2. The van der Waals surface area contributed by atoms with Crippen LogP contribution in [0, 0.1) is 5.92 Å². The number of aromatic nitrogens is 2. The van der Waals surface area contributed by atoms with Crippen LogP contribution in [-0.2, 0) is 6.42 Å². The second kappa shape index (κ2) is 14.9. The smallest absolute Gasteiger partial charge is 0.159 e. The molecule has 0 aliphatic carbocycles. The van der Waals surface area contributed by atoms with Crippen LogP contribution in [0.3, 0.4) is 0 Å². The molecule has 0 radical (unpaired) electrons. The zero-order valence-corrected chi connectivity index (χ0v) is 19.8. The summed E-state index contributed by atoms with van der Waals surface area (Å²) in [6.07, 6.45) is 15.5. The van der Waals surface area contributed by atoms with Crippen LogP contribution >= 0.6 is 0 Å². The summed E-state index contributed by atoms with van der Waals surface area (Å²) in [7, 11) is 0. The van der Waals surface area contributed by atoms with Crippen molar-refractivity contribution in [2.75, 3.05) is 6.61 Å². The lowest BCUT2D eigenvalue weighted by Gasteiger charge is -2.14. The monoisotopic (exact) mass is 428 g/mol. The van der Waals surface area contributed by atoms with Gasteiger partial charge in [0.1, 0.15) is 12.8 Å². The van der Waals surface area contributed by atoms with Crippen molar-refractivity contribution < 1.29 is 9.13 Å². The minimum atomic E-state index is -0.954. The third kappa shape index (κ3) is 10.3. The summed E-state index contributed by atoms with van der Waals surface area (Å²) < 4.78 is 19.6. The fourth-order valence-electron chi connectivity index (χ4n) is 3.95. The van der Waals surface area contributed by atoms with Crippen LogP contribution in [0.25, 0.3) is 11.4 Å². The number of benzene rings is 1. The molecule has 2 unspecified atom stereocenters. The van der Waals surface area contributed by atoms with E-state index >= 15 is 0 Å². The molecule has 0 aliphatic heterocycles. The number of hydrogen-bond donors (Lipinski definition) is 0. The molecule has 172 valence electrons. The van der Waals surface area contributed by atoms with Crippen molar-refractivity contribution in [2.24, 2.45) is 5.92 Å². The van der Waals surface area contributed by atoms with E-state index < -0.39 is 6.17 Å². The summed E-state index contributed by atoms with van der Waals surface area (Å²) in [5.41, 5.74) is 2.36. The maximum atomic E-state index is 14.1. The van der Waals surface area contributed by atoms with Gasteiger partial charge in [-0.1, -0.05) is 96.4 Å². The predicted molar refractivity (Wildman–Crippen MR) is 128 cm³/mol. The average Bonchev–Trinajstić information content (AvgIpc) is 2.78. The Labute approximate surface area is 188 Å². The van der Waals surface area contributed by atoms with Gasteiger partial charge in [0, 0.05) is 5.56 Å². The molecule has 0 fully saturated rings. The standard InChI is InChI=1S/C27H41FN2O/c1-4-6-7-8-9-10-11-13-23-14-16-24(17-15-23)27-29-19-26(20-30-27)31-21-25(28)18-22(3)12-5-2/h14-17,19-20,22,25H,4-13,18,21H2,1-3H3. The quantitative estimate of drug-likeness (QED) is 0.254. The molecule has 3 nitrogen and oxygen atoms in total. The first-order valence-corrected chi connectivity index (χ1v) is 12.3. The molecule has 31 heavy (non-hydrogen) atoms. The average molecular weight is 429 g/mol. The van der Waals surface area contributed by atoms with Gasteiger partial charge in [0.2, 0.25) is 0 Å². The number of aryl methyl sites for hydroxylation is 1. The molecular formula is C27H41FN2O. The fourth-order valence-corrected chi connectivity index (χ4v) is 3.95. The summed E-state index contributed by atoms with van der Waals surface area (Å²) in [6, 6.07) is 8.51. The van der Waals surface area contributed by atoms with E-state index in [1.807, 2.05) is 0 Å². The highest BCUT2D eigenvalue weighted by atomic mass is 19.1. The molecule has 2 atom stereocenters. The topological polar surface area (TPSA) is 35.0 Å². The van der Waals surface area contributed by atoms with Gasteiger partial charge in [-0.3, -0.25) is 0 Å². The largest absolute Gasteiger partial charge is 0.487 e. The molecule has 0 N–H and O–H groups in total. The van der Waals surface area contributed by atoms with E-state index in [9.17, 15) is 4.39 Å². The maximum Gasteiger partial charge on any atom is 0.159 e. The maximum absolute atomic E-state index is 14.1. The molecule has 0 aliphatic rings. The van der Waals surface area contributed by atoms with Crippen LogP contribution in [0.1, 0.15) is 90.5 Å². The van der Waals surface area contributed by atoms with E-state index in [0.717, 1.165) is 24.8 Å². The van der Waals surface area contributed by atoms with Crippen LogP contribution in [0.4, 0.5) is 4.39 Å². The molecule has 1 heterocycles. The Balaban J connectivity index is 1.73. The Morgan fingerprint density at radius 3 is 2.16 bits per heavy atom. The number of rotatable bonds is 16. The third-order valence-electron chi connectivity index (χ3n) is 5.78. The molecule has 1 aromatic carbocycles. The summed E-state index contributed by atoms with van der Waals surface area (Å²) in [6.45, 7) is 6.54. The second-order valence-electron chi connectivity index (χ2n) is 8.85. The summed E-state index contributed by atoms with van der Waals surface area (Å²) >= 11 is 0. The number of hydrogen-bond acceptors (Lipinski definition) is 3. The molecule has 1 aromatic heterocycles. The number of nitrogens with zero attached hydrogens (tertiary/aromatic N) is 2. The Morgan fingerprint density at radius 1 is 0.871 bits per heavy atom. The molecule has 4 heteroatoms. The number of ether oxygens (including phenoxy) is 1. The molecule has 0 saturated carbocycles. The van der Waals surface area contributed by atoms with E-state index in [1.165, 1.54) is 50.5 Å². The Kier molecular flexibility index (Phi) is 12.2. The molecule has 2 rings (SSSR count). The highest BCUT2D eigenvalue weighted by Gasteiger charge is 2.13. The lowest BCUT2D eigenvalue weighted by atomic mass is 10.00. The van der Waals surface area contributed by atoms with Crippen LogP contribution in [0.2, 0.25) is 0 Å². The van der Waals surface area contributed by atoms with Crippen molar-refractivity contribution in [1.82, 2.24) is 9.97 Å². The van der Waals surface area contributed by atoms with Crippen molar-refractivity contribution in [2.45, 2.75) is 97.6 Å². The van der Waals surface area contributed by atoms with Crippen molar-refractivity contribution in [3.63, 3.8) is 0 Å². The zero-order chi connectivity index (χ0) is 22.3. The third-order valence-corrected chi connectivity index (χ3v) is 5.78. The minimum absolute atomic E-state index is 0.0596. The lowest BCUT2D eigenvalue weighted by Crippen LogP contribution is -2.16. The SMILES string of the molecule is CCCCCCCCCc1ccc(-c2ncc(OCC(F)CC(C)CCC)cn2)cc1. The van der Waals surface area contributed by atoms with Gasteiger partial charge in [-0.25, -0.2) is 14.4 Å². The van der Waals surface area contributed by atoms with Gasteiger partial charge in [-0.05, 0) is 30.7 Å². The second-order valence-corrected chi connectivity index (χ2v) is 8.85. The summed E-state index contributed by atoms with van der Waals surface area (Å²) in [5, 5.41) is 0. The van der Waals surface area contributed by atoms with Crippen molar-refractivity contribution >= 4 is 0 Å². The van der Waals surface area contributed by atoms with Crippen molar-refractivity contribution in [3.05, 3.63) is 42.2 Å². The van der Waals surface area contributed by atoms with Gasteiger partial charge in [0.05, 0.1) is 12.4 Å². The van der Waals surface area contributed by atoms with Gasteiger partial charge in [-0.15, -0.1) is 0 Å². The first-order valence-electron chi connectivity index (χ1n) is 12.3. The molecule has 2 aromatic rings. The van der Waals surface area contributed by atoms with Crippen LogP contribution < -0.4 is 4.74 Å². The van der Waals surface area contributed by atoms with Gasteiger partial charge in [-0.2, -0.15) is 0 Å². The van der Waals surface area contributed by atoms with Crippen molar-refractivity contribution in [3.8, 4) is 17.1 Å². The number of halogens is 1. The predicted octanol–water partition coefficient (Wildman–Crippen LogP) is 7.98. The molecule has 0 spiro atoms. The van der Waals surface area contributed by atoms with Crippen LogP contribution in [0.15, 0.2) is 36.7 Å². The first kappa shape index (κ1) is 25.3. The lowest BCUT2D eigenvalue weighted by molar-refractivity contribution is 0.168. The highest BCUT2D eigenvalue weighted by Crippen LogP contribution is 2.20. The molecule has 0 amide bonds. The fraction of sp³-hybridized carbons (Fsp3) is 0.630. The van der Waals surface area contributed by atoms with Gasteiger partial charge in [0.15, 0.2) is 11.6 Å². The van der Waals surface area contributed by atoms with E-state index in [2.05, 4.69) is 55.0 Å². The van der Waals surface area contributed by atoms with Gasteiger partial charge < -0.3 is 4.74 Å². The van der Waals surface area contributed by atoms with E-state index in [0.29, 0.717) is 23.9 Å². The Bertz CT molecular complexity index is 702.